The Kier molecular flexibility index (Phi) is 5.76. The van der Waals surface area contributed by atoms with E-state index in [9.17, 15) is 0 Å². The molecule has 6 nitrogen and oxygen atoms in total. The van der Waals surface area contributed by atoms with Gasteiger partial charge >= 0.3 is 0 Å². The van der Waals surface area contributed by atoms with Crippen LogP contribution in [-0.2, 0) is 6.42 Å². The quantitative estimate of drug-likeness (QED) is 0.659. The van der Waals surface area contributed by atoms with Crippen molar-refractivity contribution in [3.63, 3.8) is 0 Å². The molecule has 0 radical (unpaired) electrons. The number of aliphatic imine (C=N–C) groups is 1. The second-order valence-electron chi connectivity index (χ2n) is 6.92. The molecule has 2 saturated heterocycles. The van der Waals surface area contributed by atoms with Crippen LogP contribution >= 0.6 is 0 Å². The maximum Gasteiger partial charge on any atom is 0.193 e. The van der Waals surface area contributed by atoms with Crippen LogP contribution in [0.4, 0.5) is 0 Å². The zero-order valence-electron chi connectivity index (χ0n) is 15.3. The number of hydrogen-bond acceptors (Lipinski definition) is 4. The number of rotatable bonds is 5. The highest BCUT2D eigenvalue weighted by Gasteiger charge is 2.30. The second kappa shape index (κ2) is 8.01. The molecule has 3 rings (SSSR count). The molecule has 2 aliphatic rings. The molecule has 2 fully saturated rings. The Morgan fingerprint density at radius 1 is 1.29 bits per heavy atom. The van der Waals surface area contributed by atoms with E-state index in [1.54, 1.807) is 0 Å². The molecule has 1 unspecified atom stereocenters. The molecule has 3 heterocycles. The average Bonchev–Trinajstić information content (AvgIpc) is 3.30. The van der Waals surface area contributed by atoms with E-state index < -0.39 is 0 Å². The molecule has 1 aromatic rings. The fraction of sp³-hybridized carbons (Fsp3) is 0.778. The molecule has 0 aromatic carbocycles. The first-order valence-corrected chi connectivity index (χ1v) is 9.38. The van der Waals surface area contributed by atoms with Crippen molar-refractivity contribution in [2.75, 3.05) is 39.3 Å². The van der Waals surface area contributed by atoms with Gasteiger partial charge in [-0.1, -0.05) is 5.16 Å². The van der Waals surface area contributed by atoms with Crippen LogP contribution in [0.1, 0.15) is 43.2 Å². The Hall–Kier alpha value is -1.56. The summed E-state index contributed by atoms with van der Waals surface area (Å²) in [6.07, 6.45) is 4.87. The van der Waals surface area contributed by atoms with Crippen molar-refractivity contribution in [1.82, 2.24) is 20.3 Å². The minimum absolute atomic E-state index is 0.707. The van der Waals surface area contributed by atoms with Gasteiger partial charge in [-0.2, -0.15) is 0 Å². The molecule has 0 bridgehead atoms. The van der Waals surface area contributed by atoms with E-state index in [2.05, 4.69) is 27.2 Å². The molecule has 0 saturated carbocycles. The summed E-state index contributed by atoms with van der Waals surface area (Å²) < 4.78 is 5.24. The molecular formula is C18H31N5O. The molecular weight excluding hydrogens is 302 g/mol. The summed E-state index contributed by atoms with van der Waals surface area (Å²) in [6.45, 7) is 12.6. The van der Waals surface area contributed by atoms with Crippen LogP contribution in [-0.4, -0.2) is 66.2 Å². The van der Waals surface area contributed by atoms with Crippen molar-refractivity contribution in [3.8, 4) is 0 Å². The van der Waals surface area contributed by atoms with Gasteiger partial charge in [-0.05, 0) is 59.5 Å². The maximum atomic E-state index is 5.24. The normalized spacial score (nSPS) is 22.5. The third-order valence-electron chi connectivity index (χ3n) is 5.26. The number of likely N-dealkylation sites (tertiary alicyclic amines) is 2. The summed E-state index contributed by atoms with van der Waals surface area (Å²) in [6, 6.07) is 0.707. The first kappa shape index (κ1) is 17.3. The second-order valence-corrected chi connectivity index (χ2v) is 6.92. The van der Waals surface area contributed by atoms with Crippen molar-refractivity contribution < 1.29 is 4.52 Å². The van der Waals surface area contributed by atoms with Crippen LogP contribution in [0.5, 0.6) is 0 Å². The molecule has 1 N–H and O–H groups in total. The van der Waals surface area contributed by atoms with Gasteiger partial charge in [0, 0.05) is 37.8 Å². The summed E-state index contributed by atoms with van der Waals surface area (Å²) in [4.78, 5) is 9.95. The molecule has 2 aliphatic heterocycles. The van der Waals surface area contributed by atoms with Gasteiger partial charge in [-0.15, -0.1) is 0 Å². The Morgan fingerprint density at radius 3 is 2.75 bits per heavy atom. The Balaban J connectivity index is 1.57. The van der Waals surface area contributed by atoms with E-state index >= 15 is 0 Å². The Bertz CT molecular complexity index is 542. The van der Waals surface area contributed by atoms with Gasteiger partial charge in [0.2, 0.25) is 0 Å². The highest BCUT2D eigenvalue weighted by atomic mass is 16.5. The van der Waals surface area contributed by atoms with Crippen LogP contribution in [0.3, 0.4) is 0 Å². The predicted octanol–water partition coefficient (Wildman–Crippen LogP) is 1.97. The molecule has 24 heavy (non-hydrogen) atoms. The lowest BCUT2D eigenvalue weighted by Gasteiger charge is -2.25. The smallest absolute Gasteiger partial charge is 0.193 e. The lowest BCUT2D eigenvalue weighted by atomic mass is 10.1. The van der Waals surface area contributed by atoms with Crippen LogP contribution < -0.4 is 5.32 Å². The molecule has 6 heteroatoms. The van der Waals surface area contributed by atoms with Gasteiger partial charge in [-0.25, -0.2) is 0 Å². The average molecular weight is 333 g/mol. The number of nitrogens with one attached hydrogen (secondary N) is 1. The molecule has 0 aliphatic carbocycles. The third-order valence-corrected chi connectivity index (χ3v) is 5.26. The van der Waals surface area contributed by atoms with Gasteiger partial charge in [0.05, 0.1) is 5.69 Å². The first-order valence-electron chi connectivity index (χ1n) is 9.38. The Labute approximate surface area is 145 Å². The van der Waals surface area contributed by atoms with Crippen molar-refractivity contribution in [2.45, 2.75) is 52.5 Å². The topological polar surface area (TPSA) is 56.9 Å². The van der Waals surface area contributed by atoms with Gasteiger partial charge in [0.1, 0.15) is 5.76 Å². The van der Waals surface area contributed by atoms with Crippen LogP contribution in [0, 0.1) is 13.8 Å². The number of nitrogens with zero attached hydrogens (tertiary/aromatic N) is 4. The summed E-state index contributed by atoms with van der Waals surface area (Å²) in [5.74, 6) is 1.98. The fourth-order valence-corrected chi connectivity index (χ4v) is 3.90. The fourth-order valence-electron chi connectivity index (χ4n) is 3.90. The highest BCUT2D eigenvalue weighted by Crippen LogP contribution is 2.20. The van der Waals surface area contributed by atoms with E-state index in [1.807, 2.05) is 13.8 Å². The lowest BCUT2D eigenvalue weighted by Crippen LogP contribution is -2.42. The number of aromatic nitrogens is 1. The van der Waals surface area contributed by atoms with Crippen LogP contribution in [0.25, 0.3) is 0 Å². The maximum absolute atomic E-state index is 5.24. The predicted molar refractivity (Wildman–Crippen MR) is 96.4 cm³/mol. The van der Waals surface area contributed by atoms with Gasteiger partial charge < -0.3 is 14.7 Å². The molecule has 1 aromatic heterocycles. The zero-order valence-corrected chi connectivity index (χ0v) is 15.3. The monoisotopic (exact) mass is 333 g/mol. The molecule has 134 valence electrons. The Morgan fingerprint density at radius 2 is 2.08 bits per heavy atom. The number of hydrogen-bond donors (Lipinski definition) is 1. The number of aryl methyl sites for hydroxylation is 2. The van der Waals surface area contributed by atoms with Gasteiger partial charge in [-0.3, -0.25) is 9.89 Å². The van der Waals surface area contributed by atoms with E-state index in [0.29, 0.717) is 6.04 Å². The van der Waals surface area contributed by atoms with E-state index in [-0.39, 0.29) is 0 Å². The zero-order chi connectivity index (χ0) is 16.9. The van der Waals surface area contributed by atoms with Crippen LogP contribution in [0.2, 0.25) is 0 Å². The van der Waals surface area contributed by atoms with E-state index in [0.717, 1.165) is 50.0 Å². The molecule has 1 atom stereocenters. The van der Waals surface area contributed by atoms with Crippen LogP contribution in [0.15, 0.2) is 9.52 Å². The minimum atomic E-state index is 0.707. The molecule has 0 amide bonds. The SMILES string of the molecule is CCNC(=NCCc1c(C)noc1C)N1CCC(N2CCCC2)C1. The standard InChI is InChI=1S/C18H31N5O/c1-4-19-18(20-9-7-17-14(2)21-24-15(17)3)23-12-8-16(13-23)22-10-5-6-11-22/h16H,4-13H2,1-3H3,(H,19,20). The summed E-state index contributed by atoms with van der Waals surface area (Å²) in [5, 5.41) is 7.49. The minimum Gasteiger partial charge on any atom is -0.361 e. The largest absolute Gasteiger partial charge is 0.361 e. The summed E-state index contributed by atoms with van der Waals surface area (Å²) in [5.41, 5.74) is 2.19. The summed E-state index contributed by atoms with van der Waals surface area (Å²) in [7, 11) is 0. The van der Waals surface area contributed by atoms with E-state index in [1.165, 1.54) is 37.9 Å². The van der Waals surface area contributed by atoms with Gasteiger partial charge in [0.15, 0.2) is 5.96 Å². The third kappa shape index (κ3) is 3.91. The lowest BCUT2D eigenvalue weighted by molar-refractivity contribution is 0.249. The molecule has 0 spiro atoms. The van der Waals surface area contributed by atoms with Crippen molar-refractivity contribution >= 4 is 5.96 Å². The van der Waals surface area contributed by atoms with Crippen molar-refractivity contribution in [2.24, 2.45) is 4.99 Å². The van der Waals surface area contributed by atoms with Crippen molar-refractivity contribution in [3.05, 3.63) is 17.0 Å². The van der Waals surface area contributed by atoms with E-state index in [4.69, 9.17) is 9.52 Å². The van der Waals surface area contributed by atoms with Gasteiger partial charge in [0.25, 0.3) is 0 Å². The summed E-state index contributed by atoms with van der Waals surface area (Å²) >= 11 is 0. The first-order chi connectivity index (χ1) is 11.7. The highest BCUT2D eigenvalue weighted by molar-refractivity contribution is 5.80. The number of guanidine groups is 1. The van der Waals surface area contributed by atoms with Crippen molar-refractivity contribution in [1.29, 1.82) is 0 Å².